The molecule has 1 aromatic heterocycles. The Balaban J connectivity index is 1.62. The van der Waals surface area contributed by atoms with Gasteiger partial charge in [0.05, 0.1) is 12.8 Å². The summed E-state index contributed by atoms with van der Waals surface area (Å²) in [5.41, 5.74) is 3.51. The monoisotopic (exact) mass is 431 g/mol. The average molecular weight is 432 g/mol. The molecular formula is C23H21N5O2S. The average Bonchev–Trinajstić information content (AvgIpc) is 3.28. The Kier molecular flexibility index (Phi) is 6.28. The molecule has 0 aliphatic carbocycles. The van der Waals surface area contributed by atoms with E-state index >= 15 is 0 Å². The number of nitrogens with zero attached hydrogens (tertiary/aromatic N) is 4. The molecule has 7 nitrogen and oxygen atoms in total. The molecule has 1 atom stereocenters. The van der Waals surface area contributed by atoms with Crippen LogP contribution in [0.25, 0.3) is 5.69 Å². The maximum atomic E-state index is 13.2. The number of methoxy groups -OCH3 is 1. The molecule has 0 saturated heterocycles. The predicted molar refractivity (Wildman–Crippen MR) is 121 cm³/mol. The first-order valence-electron chi connectivity index (χ1n) is 9.66. The summed E-state index contributed by atoms with van der Waals surface area (Å²) in [5.74, 6) is 0.593. The lowest BCUT2D eigenvalue weighted by Crippen LogP contribution is -2.19. The molecule has 1 N–H and O–H groups in total. The van der Waals surface area contributed by atoms with E-state index in [1.165, 1.54) is 11.8 Å². The van der Waals surface area contributed by atoms with Crippen molar-refractivity contribution in [3.63, 3.8) is 0 Å². The van der Waals surface area contributed by atoms with E-state index in [9.17, 15) is 4.79 Å². The normalized spacial score (nSPS) is 11.7. The van der Waals surface area contributed by atoms with Gasteiger partial charge in [-0.25, -0.2) is 0 Å². The van der Waals surface area contributed by atoms with Crippen LogP contribution < -0.4 is 10.1 Å². The lowest BCUT2D eigenvalue weighted by Gasteiger charge is -2.16. The Morgan fingerprint density at radius 2 is 1.71 bits per heavy atom. The van der Waals surface area contributed by atoms with E-state index in [2.05, 4.69) is 20.8 Å². The molecule has 3 aromatic carbocycles. The number of rotatable bonds is 7. The number of carbonyl (C=O) groups excluding carboxylic acids is 1. The minimum Gasteiger partial charge on any atom is -0.497 e. The summed E-state index contributed by atoms with van der Waals surface area (Å²) in [6, 6.07) is 24.7. The number of amides is 1. The molecular weight excluding hydrogens is 410 g/mol. The first kappa shape index (κ1) is 20.6. The predicted octanol–water partition coefficient (Wildman–Crippen LogP) is 4.45. The van der Waals surface area contributed by atoms with Crippen LogP contribution in [0.5, 0.6) is 5.75 Å². The minimum absolute atomic E-state index is 0.149. The quantitative estimate of drug-likeness (QED) is 0.435. The number of hydrogen-bond donors (Lipinski definition) is 1. The number of ether oxygens (including phenoxy) is 1. The molecule has 0 spiro atoms. The van der Waals surface area contributed by atoms with E-state index in [0.717, 1.165) is 28.3 Å². The van der Waals surface area contributed by atoms with Crippen LogP contribution in [-0.4, -0.2) is 33.2 Å². The fraction of sp³-hybridized carbons (Fsp3) is 0.130. The third-order valence-electron chi connectivity index (χ3n) is 4.64. The van der Waals surface area contributed by atoms with E-state index in [1.807, 2.05) is 85.8 Å². The summed E-state index contributed by atoms with van der Waals surface area (Å²) in [4.78, 5) is 13.2. The van der Waals surface area contributed by atoms with E-state index in [1.54, 1.807) is 11.8 Å². The van der Waals surface area contributed by atoms with Gasteiger partial charge in [0.1, 0.15) is 11.0 Å². The molecule has 0 aliphatic rings. The van der Waals surface area contributed by atoms with Gasteiger partial charge < -0.3 is 10.1 Å². The van der Waals surface area contributed by atoms with E-state index in [4.69, 9.17) is 4.74 Å². The van der Waals surface area contributed by atoms with Crippen LogP contribution in [0.3, 0.4) is 0 Å². The number of nitrogens with one attached hydrogen (secondary N) is 1. The topological polar surface area (TPSA) is 81.9 Å². The number of aromatic nitrogens is 4. The lowest BCUT2D eigenvalue weighted by molar-refractivity contribution is -0.115. The van der Waals surface area contributed by atoms with Crippen LogP contribution in [0, 0.1) is 6.92 Å². The van der Waals surface area contributed by atoms with Crippen molar-refractivity contribution in [2.45, 2.75) is 17.3 Å². The first-order chi connectivity index (χ1) is 15.1. The molecule has 1 unspecified atom stereocenters. The molecule has 156 valence electrons. The highest BCUT2D eigenvalue weighted by Gasteiger charge is 2.25. The van der Waals surface area contributed by atoms with Crippen molar-refractivity contribution in [1.29, 1.82) is 0 Å². The number of carbonyl (C=O) groups is 1. The van der Waals surface area contributed by atoms with Crippen molar-refractivity contribution in [3.8, 4) is 11.4 Å². The Hall–Kier alpha value is -3.65. The number of tetrazole rings is 1. The summed E-state index contributed by atoms with van der Waals surface area (Å²) in [6.45, 7) is 2.01. The Bertz CT molecular complexity index is 1140. The molecule has 31 heavy (non-hydrogen) atoms. The molecule has 1 amide bonds. The second-order valence-corrected chi connectivity index (χ2v) is 7.91. The molecule has 4 aromatic rings. The highest BCUT2D eigenvalue weighted by molar-refractivity contribution is 8.00. The van der Waals surface area contributed by atoms with E-state index < -0.39 is 5.25 Å². The molecule has 0 fully saturated rings. The van der Waals surface area contributed by atoms with Gasteiger partial charge in [0.15, 0.2) is 0 Å². The van der Waals surface area contributed by atoms with Crippen molar-refractivity contribution in [1.82, 2.24) is 20.2 Å². The summed E-state index contributed by atoms with van der Waals surface area (Å²) in [7, 11) is 1.62. The second-order valence-electron chi connectivity index (χ2n) is 6.84. The van der Waals surface area contributed by atoms with Crippen molar-refractivity contribution in [2.75, 3.05) is 12.4 Å². The molecule has 1 heterocycles. The number of anilines is 1. The molecule has 0 aliphatic heterocycles. The van der Waals surface area contributed by atoms with Gasteiger partial charge in [-0.15, -0.1) is 5.10 Å². The smallest absolute Gasteiger partial charge is 0.242 e. The van der Waals surface area contributed by atoms with E-state index in [0.29, 0.717) is 5.16 Å². The van der Waals surface area contributed by atoms with Crippen molar-refractivity contribution >= 4 is 23.4 Å². The number of hydrogen-bond acceptors (Lipinski definition) is 6. The zero-order chi connectivity index (χ0) is 21.6. The lowest BCUT2D eigenvalue weighted by atomic mass is 10.1. The van der Waals surface area contributed by atoms with Crippen LogP contribution in [0.1, 0.15) is 16.4 Å². The fourth-order valence-corrected chi connectivity index (χ4v) is 3.98. The zero-order valence-electron chi connectivity index (χ0n) is 17.1. The Morgan fingerprint density at radius 1 is 1.00 bits per heavy atom. The van der Waals surface area contributed by atoms with Crippen LogP contribution >= 0.6 is 11.8 Å². The van der Waals surface area contributed by atoms with Gasteiger partial charge in [-0.3, -0.25) is 4.79 Å². The largest absolute Gasteiger partial charge is 0.497 e. The molecule has 0 bridgehead atoms. The highest BCUT2D eigenvalue weighted by atomic mass is 32.2. The third-order valence-corrected chi connectivity index (χ3v) is 5.83. The summed E-state index contributed by atoms with van der Waals surface area (Å²) < 4.78 is 6.83. The van der Waals surface area contributed by atoms with Crippen LogP contribution in [0.2, 0.25) is 0 Å². The van der Waals surface area contributed by atoms with Gasteiger partial charge in [0.25, 0.3) is 0 Å². The zero-order valence-corrected chi connectivity index (χ0v) is 17.9. The standard InChI is InChI=1S/C23H21N5O2S/c1-16-8-10-18(11-9-16)24-22(29)21(17-6-4-3-5-7-17)31-23-25-26-27-28(23)19-12-14-20(30-2)15-13-19/h3-15,21H,1-2H3,(H,24,29). The molecule has 8 heteroatoms. The highest BCUT2D eigenvalue weighted by Crippen LogP contribution is 2.35. The third kappa shape index (κ3) is 4.92. The SMILES string of the molecule is COc1ccc(-n2nnnc2SC(C(=O)Nc2ccc(C)cc2)c2ccccc2)cc1. The summed E-state index contributed by atoms with van der Waals surface area (Å²) >= 11 is 1.29. The Labute approximate surface area is 184 Å². The van der Waals surface area contributed by atoms with E-state index in [-0.39, 0.29) is 5.91 Å². The van der Waals surface area contributed by atoms with Crippen molar-refractivity contribution < 1.29 is 9.53 Å². The van der Waals surface area contributed by atoms with Gasteiger partial charge >= 0.3 is 0 Å². The summed E-state index contributed by atoms with van der Waals surface area (Å²) in [5, 5.41) is 15.1. The van der Waals surface area contributed by atoms with Gasteiger partial charge in [-0.1, -0.05) is 59.8 Å². The maximum absolute atomic E-state index is 13.2. The van der Waals surface area contributed by atoms with Gasteiger partial charge in [-0.05, 0) is 59.3 Å². The molecule has 0 radical (unpaired) electrons. The van der Waals surface area contributed by atoms with Crippen molar-refractivity contribution in [3.05, 3.63) is 90.0 Å². The number of benzene rings is 3. The number of aryl methyl sites for hydroxylation is 1. The van der Waals surface area contributed by atoms with Crippen LogP contribution in [-0.2, 0) is 4.79 Å². The fourth-order valence-electron chi connectivity index (χ4n) is 2.99. The molecule has 4 rings (SSSR count). The first-order valence-corrected chi connectivity index (χ1v) is 10.5. The van der Waals surface area contributed by atoms with Crippen LogP contribution in [0.4, 0.5) is 5.69 Å². The minimum atomic E-state index is -0.537. The molecule has 0 saturated carbocycles. The number of thioether (sulfide) groups is 1. The Morgan fingerprint density at radius 3 is 2.39 bits per heavy atom. The maximum Gasteiger partial charge on any atom is 0.242 e. The summed E-state index contributed by atoms with van der Waals surface area (Å²) in [6.07, 6.45) is 0. The van der Waals surface area contributed by atoms with Crippen molar-refractivity contribution in [2.24, 2.45) is 0 Å². The van der Waals surface area contributed by atoms with Gasteiger partial charge in [-0.2, -0.15) is 4.68 Å². The van der Waals surface area contributed by atoms with Gasteiger partial charge in [0, 0.05) is 5.69 Å². The second kappa shape index (κ2) is 9.44. The van der Waals surface area contributed by atoms with Gasteiger partial charge in [0.2, 0.25) is 11.1 Å². The van der Waals surface area contributed by atoms with Crippen LogP contribution in [0.15, 0.2) is 84.0 Å².